The number of benzene rings is 2. The molecule has 0 fully saturated rings. The molecule has 0 atom stereocenters. The summed E-state index contributed by atoms with van der Waals surface area (Å²) in [6.45, 7) is 2.38. The van der Waals surface area contributed by atoms with Crippen LogP contribution in [0.15, 0.2) is 54.7 Å². The molecule has 0 aliphatic carbocycles. The lowest BCUT2D eigenvalue weighted by atomic mass is 9.98. The highest BCUT2D eigenvalue weighted by molar-refractivity contribution is 6.31. The van der Waals surface area contributed by atoms with Crippen molar-refractivity contribution in [2.75, 3.05) is 13.1 Å². The Morgan fingerprint density at radius 3 is 2.67 bits per heavy atom. The number of H-pyrrole nitrogens is 1. The van der Waals surface area contributed by atoms with E-state index in [2.05, 4.69) is 21.2 Å². The van der Waals surface area contributed by atoms with Crippen LogP contribution in [-0.4, -0.2) is 28.2 Å². The Kier molecular flexibility index (Phi) is 5.30. The minimum atomic E-state index is -0.335. The van der Waals surface area contributed by atoms with Crippen molar-refractivity contribution in [1.82, 2.24) is 15.1 Å². The van der Waals surface area contributed by atoms with Crippen molar-refractivity contribution < 1.29 is 4.39 Å². The zero-order valence-electron chi connectivity index (χ0n) is 14.6. The molecule has 0 saturated carbocycles. The molecule has 0 radical (unpaired) electrons. The van der Waals surface area contributed by atoms with Crippen molar-refractivity contribution >= 4 is 28.8 Å². The van der Waals surface area contributed by atoms with Crippen molar-refractivity contribution in [1.29, 1.82) is 0 Å². The predicted octanol–water partition coefficient (Wildman–Crippen LogP) is 5.81. The standard InChI is InChI=1S/C21H18Cl2FN3/c22-17-6-4-15(5-7-17)21-16(12-25-26-21)13-27-10-8-14(9-11-27)18-2-1-3-19(23)20(18)24/h1-8,12H,9-11,13H2,(H,25,26). The van der Waals surface area contributed by atoms with Gasteiger partial charge in [0.1, 0.15) is 5.82 Å². The van der Waals surface area contributed by atoms with Gasteiger partial charge in [-0.15, -0.1) is 0 Å². The van der Waals surface area contributed by atoms with Gasteiger partial charge in [-0.05, 0) is 35.8 Å². The molecular formula is C21H18Cl2FN3. The third-order valence-corrected chi connectivity index (χ3v) is 5.38. The summed E-state index contributed by atoms with van der Waals surface area (Å²) in [5.41, 5.74) is 4.80. The van der Waals surface area contributed by atoms with Crippen molar-refractivity contribution in [3.63, 3.8) is 0 Å². The topological polar surface area (TPSA) is 31.9 Å². The van der Waals surface area contributed by atoms with Gasteiger partial charge < -0.3 is 0 Å². The van der Waals surface area contributed by atoms with Crippen LogP contribution in [0.5, 0.6) is 0 Å². The van der Waals surface area contributed by atoms with Crippen LogP contribution in [0.2, 0.25) is 10.0 Å². The van der Waals surface area contributed by atoms with E-state index in [1.165, 1.54) is 0 Å². The second kappa shape index (κ2) is 7.85. The summed E-state index contributed by atoms with van der Waals surface area (Å²) in [7, 11) is 0. The van der Waals surface area contributed by atoms with Gasteiger partial charge in [-0.25, -0.2) is 4.39 Å². The molecule has 3 nitrogen and oxygen atoms in total. The average molecular weight is 402 g/mol. The van der Waals surface area contributed by atoms with Gasteiger partial charge in [0, 0.05) is 35.8 Å². The summed E-state index contributed by atoms with van der Waals surface area (Å²) in [6, 6.07) is 12.9. The molecule has 138 valence electrons. The van der Waals surface area contributed by atoms with Gasteiger partial charge in [0.25, 0.3) is 0 Å². The Bertz CT molecular complexity index is 979. The number of hydrogen-bond donors (Lipinski definition) is 1. The largest absolute Gasteiger partial charge is 0.295 e. The summed E-state index contributed by atoms with van der Waals surface area (Å²) in [4.78, 5) is 2.32. The molecule has 2 heterocycles. The third kappa shape index (κ3) is 3.93. The molecule has 0 spiro atoms. The predicted molar refractivity (Wildman–Crippen MR) is 108 cm³/mol. The van der Waals surface area contributed by atoms with Gasteiger partial charge in [0.05, 0.1) is 16.9 Å². The molecule has 0 amide bonds. The molecule has 1 aliphatic heterocycles. The van der Waals surface area contributed by atoms with E-state index >= 15 is 0 Å². The second-order valence-electron chi connectivity index (χ2n) is 6.59. The third-order valence-electron chi connectivity index (χ3n) is 4.84. The minimum Gasteiger partial charge on any atom is -0.295 e. The lowest BCUT2D eigenvalue weighted by Gasteiger charge is -2.26. The molecule has 1 N–H and O–H groups in total. The number of hydrogen-bond acceptors (Lipinski definition) is 2. The highest BCUT2D eigenvalue weighted by atomic mass is 35.5. The maximum absolute atomic E-state index is 14.2. The quantitative estimate of drug-likeness (QED) is 0.597. The zero-order valence-corrected chi connectivity index (χ0v) is 16.1. The lowest BCUT2D eigenvalue weighted by molar-refractivity contribution is 0.294. The fraction of sp³-hybridized carbons (Fsp3) is 0.190. The number of nitrogens with zero attached hydrogens (tertiary/aromatic N) is 2. The van der Waals surface area contributed by atoms with E-state index in [1.54, 1.807) is 18.2 Å². The molecule has 1 aliphatic rings. The van der Waals surface area contributed by atoms with Crippen LogP contribution in [0, 0.1) is 5.82 Å². The normalized spacial score (nSPS) is 15.0. The molecule has 4 rings (SSSR count). The van der Waals surface area contributed by atoms with E-state index in [0.29, 0.717) is 10.6 Å². The maximum Gasteiger partial charge on any atom is 0.149 e. The summed E-state index contributed by atoms with van der Waals surface area (Å²) >= 11 is 11.9. The Hall–Kier alpha value is -2.14. The number of aromatic amines is 1. The SMILES string of the molecule is Fc1c(Cl)cccc1C1=CCN(Cc2cn[nH]c2-c2ccc(Cl)cc2)CC1. The Morgan fingerprint density at radius 1 is 1.11 bits per heavy atom. The highest BCUT2D eigenvalue weighted by Crippen LogP contribution is 2.30. The van der Waals surface area contributed by atoms with Crippen molar-refractivity contribution in [2.24, 2.45) is 0 Å². The summed E-state index contributed by atoms with van der Waals surface area (Å²) in [6.07, 6.45) is 4.73. The second-order valence-corrected chi connectivity index (χ2v) is 7.44. The molecule has 3 aromatic rings. The summed E-state index contributed by atoms with van der Waals surface area (Å²) in [5, 5.41) is 8.16. The number of rotatable bonds is 4. The zero-order chi connectivity index (χ0) is 18.8. The molecule has 0 saturated heterocycles. The Morgan fingerprint density at radius 2 is 1.93 bits per heavy atom. The maximum atomic E-state index is 14.2. The first-order valence-corrected chi connectivity index (χ1v) is 9.51. The Balaban J connectivity index is 1.49. The van der Waals surface area contributed by atoms with Crippen molar-refractivity contribution in [3.8, 4) is 11.3 Å². The molecule has 2 aromatic carbocycles. The van der Waals surface area contributed by atoms with Gasteiger partial charge in [-0.1, -0.05) is 53.5 Å². The molecule has 6 heteroatoms. The van der Waals surface area contributed by atoms with Crippen LogP contribution in [0.3, 0.4) is 0 Å². The first-order chi connectivity index (χ1) is 13.1. The van der Waals surface area contributed by atoms with E-state index in [1.807, 2.05) is 30.5 Å². The fourth-order valence-electron chi connectivity index (χ4n) is 3.39. The number of aromatic nitrogens is 2. The van der Waals surface area contributed by atoms with E-state index in [4.69, 9.17) is 23.2 Å². The highest BCUT2D eigenvalue weighted by Gasteiger charge is 2.18. The van der Waals surface area contributed by atoms with Crippen LogP contribution < -0.4 is 0 Å². The number of halogens is 3. The average Bonchev–Trinajstić information content (AvgIpc) is 3.13. The van der Waals surface area contributed by atoms with Gasteiger partial charge >= 0.3 is 0 Å². The van der Waals surface area contributed by atoms with Gasteiger partial charge in [-0.3, -0.25) is 10.00 Å². The van der Waals surface area contributed by atoms with E-state index in [9.17, 15) is 4.39 Å². The van der Waals surface area contributed by atoms with E-state index in [-0.39, 0.29) is 10.8 Å². The summed E-state index contributed by atoms with van der Waals surface area (Å²) < 4.78 is 14.2. The van der Waals surface area contributed by atoms with Crippen molar-refractivity contribution in [2.45, 2.75) is 13.0 Å². The van der Waals surface area contributed by atoms with E-state index in [0.717, 1.165) is 48.4 Å². The lowest BCUT2D eigenvalue weighted by Crippen LogP contribution is -2.28. The monoisotopic (exact) mass is 401 g/mol. The van der Waals surface area contributed by atoms with E-state index < -0.39 is 0 Å². The van der Waals surface area contributed by atoms with Crippen LogP contribution in [0.4, 0.5) is 4.39 Å². The fourth-order valence-corrected chi connectivity index (χ4v) is 3.69. The summed E-state index contributed by atoms with van der Waals surface area (Å²) in [5.74, 6) is -0.335. The molecule has 27 heavy (non-hydrogen) atoms. The first-order valence-electron chi connectivity index (χ1n) is 8.76. The smallest absolute Gasteiger partial charge is 0.149 e. The Labute approximate surface area is 167 Å². The van der Waals surface area contributed by atoms with Gasteiger partial charge in [0.2, 0.25) is 0 Å². The van der Waals surface area contributed by atoms with Crippen LogP contribution in [0.1, 0.15) is 17.5 Å². The van der Waals surface area contributed by atoms with Gasteiger partial charge in [-0.2, -0.15) is 5.10 Å². The van der Waals surface area contributed by atoms with Gasteiger partial charge in [0.15, 0.2) is 0 Å². The van der Waals surface area contributed by atoms with Crippen molar-refractivity contribution in [3.05, 3.63) is 81.7 Å². The minimum absolute atomic E-state index is 0.168. The molecular weight excluding hydrogens is 384 g/mol. The van der Waals surface area contributed by atoms with Crippen LogP contribution in [-0.2, 0) is 6.54 Å². The molecule has 1 aromatic heterocycles. The van der Waals surface area contributed by atoms with Crippen LogP contribution >= 0.6 is 23.2 Å². The first kappa shape index (κ1) is 18.2. The van der Waals surface area contributed by atoms with Crippen LogP contribution in [0.25, 0.3) is 16.8 Å². The molecule has 0 bridgehead atoms. The number of nitrogens with one attached hydrogen (secondary N) is 1. The molecule has 0 unspecified atom stereocenters.